The first-order valence-corrected chi connectivity index (χ1v) is 4.95. The van der Waals surface area contributed by atoms with Crippen LogP contribution < -0.4 is 4.74 Å². The van der Waals surface area contributed by atoms with Gasteiger partial charge in [0.15, 0.2) is 11.2 Å². The van der Waals surface area contributed by atoms with Crippen LogP contribution in [0.2, 0.25) is 0 Å². The fourth-order valence-corrected chi connectivity index (χ4v) is 1.42. The van der Waals surface area contributed by atoms with Crippen molar-refractivity contribution in [3.05, 3.63) is 12.7 Å². The van der Waals surface area contributed by atoms with Crippen molar-refractivity contribution < 1.29 is 9.53 Å². The molecule has 0 bridgehead atoms. The van der Waals surface area contributed by atoms with E-state index in [-0.39, 0.29) is 11.9 Å². The Labute approximate surface area is 92.3 Å². The largest absolute Gasteiger partial charge is 0.405 e. The summed E-state index contributed by atoms with van der Waals surface area (Å²) in [4.78, 5) is 23.1. The van der Waals surface area contributed by atoms with Gasteiger partial charge in [0.05, 0.1) is 6.33 Å². The Kier molecular flexibility index (Phi) is 2.55. The lowest BCUT2D eigenvalue weighted by Crippen LogP contribution is -2.05. The smallest absolute Gasteiger partial charge is 0.309 e. The third-order valence-electron chi connectivity index (χ3n) is 2.12. The molecule has 0 saturated carbocycles. The highest BCUT2D eigenvalue weighted by Crippen LogP contribution is 2.21. The average molecular weight is 220 g/mol. The summed E-state index contributed by atoms with van der Waals surface area (Å²) >= 11 is 0. The molecule has 0 N–H and O–H groups in total. The van der Waals surface area contributed by atoms with Crippen LogP contribution in [0, 0.1) is 0 Å². The zero-order chi connectivity index (χ0) is 11.7. The van der Waals surface area contributed by atoms with E-state index in [0.717, 1.165) is 0 Å². The predicted molar refractivity (Wildman–Crippen MR) is 57.0 cm³/mol. The first-order chi connectivity index (χ1) is 7.59. The maximum Gasteiger partial charge on any atom is 0.309 e. The zero-order valence-electron chi connectivity index (χ0n) is 9.34. The summed E-state index contributed by atoms with van der Waals surface area (Å²) in [6, 6.07) is 0.241. The van der Waals surface area contributed by atoms with E-state index in [9.17, 15) is 4.79 Å². The number of hydrogen-bond acceptors (Lipinski definition) is 5. The number of ether oxygens (including phenoxy) is 1. The minimum Gasteiger partial charge on any atom is -0.405 e. The Bertz CT molecular complexity index is 533. The number of aromatic nitrogens is 4. The van der Waals surface area contributed by atoms with Crippen LogP contribution in [0.25, 0.3) is 11.2 Å². The summed E-state index contributed by atoms with van der Waals surface area (Å²) in [6.07, 6.45) is 3.03. The van der Waals surface area contributed by atoms with Gasteiger partial charge in [-0.3, -0.25) is 4.79 Å². The molecule has 2 aromatic rings. The lowest BCUT2D eigenvalue weighted by atomic mass is 10.4. The third kappa shape index (κ3) is 1.73. The van der Waals surface area contributed by atoms with Crippen molar-refractivity contribution in [2.24, 2.45) is 0 Å². The van der Waals surface area contributed by atoms with E-state index in [2.05, 4.69) is 15.0 Å². The van der Waals surface area contributed by atoms with Gasteiger partial charge < -0.3 is 9.30 Å². The molecule has 6 heteroatoms. The summed E-state index contributed by atoms with van der Waals surface area (Å²) in [5.74, 6) is -0.212. The SMILES string of the molecule is CC(=O)Oc1ncnc2c1ncn2C(C)C. The predicted octanol–water partition coefficient (Wildman–Crippen LogP) is 1.33. The Morgan fingerprint density at radius 1 is 1.38 bits per heavy atom. The van der Waals surface area contributed by atoms with Crippen molar-refractivity contribution in [2.75, 3.05) is 0 Å². The van der Waals surface area contributed by atoms with Crippen molar-refractivity contribution in [1.29, 1.82) is 0 Å². The van der Waals surface area contributed by atoms with E-state index < -0.39 is 5.97 Å². The minimum atomic E-state index is -0.418. The van der Waals surface area contributed by atoms with E-state index in [1.165, 1.54) is 13.3 Å². The van der Waals surface area contributed by atoms with E-state index in [1.54, 1.807) is 6.33 Å². The maximum absolute atomic E-state index is 10.9. The number of nitrogens with zero attached hydrogens (tertiary/aromatic N) is 4. The van der Waals surface area contributed by atoms with Gasteiger partial charge in [0.2, 0.25) is 0 Å². The molecule has 0 aliphatic rings. The second-order valence-electron chi connectivity index (χ2n) is 3.69. The molecule has 0 spiro atoms. The lowest BCUT2D eigenvalue weighted by molar-refractivity contribution is -0.132. The summed E-state index contributed by atoms with van der Waals surface area (Å²) in [5, 5.41) is 0. The highest BCUT2D eigenvalue weighted by atomic mass is 16.5. The Morgan fingerprint density at radius 3 is 2.75 bits per heavy atom. The van der Waals surface area contributed by atoms with Crippen LogP contribution in [-0.2, 0) is 4.79 Å². The number of imidazole rings is 1. The Balaban J connectivity index is 2.57. The minimum absolute atomic E-state index is 0.205. The van der Waals surface area contributed by atoms with Crippen LogP contribution >= 0.6 is 0 Å². The molecule has 0 fully saturated rings. The van der Waals surface area contributed by atoms with Crippen molar-refractivity contribution in [3.8, 4) is 5.88 Å². The van der Waals surface area contributed by atoms with Crippen molar-refractivity contribution in [1.82, 2.24) is 19.5 Å². The molecule has 0 aliphatic heterocycles. The maximum atomic E-state index is 10.9. The van der Waals surface area contributed by atoms with Crippen molar-refractivity contribution in [2.45, 2.75) is 26.8 Å². The van der Waals surface area contributed by atoms with Gasteiger partial charge in [0, 0.05) is 13.0 Å². The number of carbonyl (C=O) groups is 1. The molecule has 2 heterocycles. The first-order valence-electron chi connectivity index (χ1n) is 4.95. The molecular formula is C10H12N4O2. The number of fused-ring (bicyclic) bond motifs is 1. The number of esters is 1. The Morgan fingerprint density at radius 2 is 2.12 bits per heavy atom. The highest BCUT2D eigenvalue weighted by molar-refractivity contribution is 5.80. The van der Waals surface area contributed by atoms with Gasteiger partial charge in [-0.25, -0.2) is 9.97 Å². The van der Waals surface area contributed by atoms with Gasteiger partial charge in [0.1, 0.15) is 6.33 Å². The van der Waals surface area contributed by atoms with Crippen LogP contribution in [-0.4, -0.2) is 25.5 Å². The van der Waals surface area contributed by atoms with E-state index in [0.29, 0.717) is 11.2 Å². The Hall–Kier alpha value is -1.98. The monoisotopic (exact) mass is 220 g/mol. The summed E-state index contributed by atoms with van der Waals surface area (Å²) in [7, 11) is 0. The molecule has 0 aromatic carbocycles. The molecule has 0 aliphatic carbocycles. The average Bonchev–Trinajstić information content (AvgIpc) is 2.61. The van der Waals surface area contributed by atoms with Crippen LogP contribution in [0.5, 0.6) is 5.88 Å². The second-order valence-corrected chi connectivity index (χ2v) is 3.69. The summed E-state index contributed by atoms with van der Waals surface area (Å²) in [5.41, 5.74) is 1.17. The molecule has 0 unspecified atom stereocenters. The summed E-state index contributed by atoms with van der Waals surface area (Å²) < 4.78 is 6.85. The molecule has 16 heavy (non-hydrogen) atoms. The van der Waals surface area contributed by atoms with E-state index >= 15 is 0 Å². The molecule has 84 valence electrons. The zero-order valence-corrected chi connectivity index (χ0v) is 9.34. The van der Waals surface area contributed by atoms with Crippen molar-refractivity contribution in [3.63, 3.8) is 0 Å². The molecule has 0 atom stereocenters. The number of carbonyl (C=O) groups excluding carboxylic acids is 1. The molecular weight excluding hydrogens is 208 g/mol. The third-order valence-corrected chi connectivity index (χ3v) is 2.12. The number of rotatable bonds is 2. The molecule has 0 amide bonds. The second kappa shape index (κ2) is 3.88. The topological polar surface area (TPSA) is 69.9 Å². The summed E-state index contributed by atoms with van der Waals surface area (Å²) in [6.45, 7) is 5.37. The van der Waals surface area contributed by atoms with Crippen LogP contribution in [0.4, 0.5) is 0 Å². The van der Waals surface area contributed by atoms with Gasteiger partial charge >= 0.3 is 5.97 Å². The standard InChI is InChI=1S/C10H12N4O2/c1-6(2)14-5-13-8-9(14)11-4-12-10(8)16-7(3)15/h4-6H,1-3H3. The van der Waals surface area contributed by atoms with Gasteiger partial charge in [-0.2, -0.15) is 4.98 Å². The fourth-order valence-electron chi connectivity index (χ4n) is 1.42. The first kappa shape index (κ1) is 10.5. The molecule has 0 radical (unpaired) electrons. The number of hydrogen-bond donors (Lipinski definition) is 0. The van der Waals surface area contributed by atoms with Gasteiger partial charge in [-0.05, 0) is 13.8 Å². The lowest BCUT2D eigenvalue weighted by Gasteiger charge is -2.06. The molecule has 2 rings (SSSR count). The van der Waals surface area contributed by atoms with Gasteiger partial charge in [-0.1, -0.05) is 0 Å². The normalized spacial score (nSPS) is 11.0. The van der Waals surface area contributed by atoms with Crippen LogP contribution in [0.1, 0.15) is 26.8 Å². The van der Waals surface area contributed by atoms with Crippen molar-refractivity contribution >= 4 is 17.1 Å². The molecule has 6 nitrogen and oxygen atoms in total. The van der Waals surface area contributed by atoms with Crippen LogP contribution in [0.3, 0.4) is 0 Å². The molecule has 2 aromatic heterocycles. The molecule has 0 saturated heterocycles. The van der Waals surface area contributed by atoms with E-state index in [1.807, 2.05) is 18.4 Å². The fraction of sp³-hybridized carbons (Fsp3) is 0.400. The highest BCUT2D eigenvalue weighted by Gasteiger charge is 2.13. The quantitative estimate of drug-likeness (QED) is 0.714. The van der Waals surface area contributed by atoms with Gasteiger partial charge in [0.25, 0.3) is 5.88 Å². The van der Waals surface area contributed by atoms with E-state index in [4.69, 9.17) is 4.74 Å². The van der Waals surface area contributed by atoms with Crippen LogP contribution in [0.15, 0.2) is 12.7 Å². The van der Waals surface area contributed by atoms with Gasteiger partial charge in [-0.15, -0.1) is 0 Å².